The number of rotatable bonds is 6. The summed E-state index contributed by atoms with van der Waals surface area (Å²) in [5.41, 5.74) is 2.56. The molecule has 6 nitrogen and oxygen atoms in total. The lowest BCUT2D eigenvalue weighted by Gasteiger charge is -2.13. The highest BCUT2D eigenvalue weighted by atomic mass is 32.1. The fourth-order valence-corrected chi connectivity index (χ4v) is 2.48. The second-order valence-corrected chi connectivity index (χ2v) is 5.38. The van der Waals surface area contributed by atoms with E-state index in [2.05, 4.69) is 43.3 Å². The smallest absolute Gasteiger partial charge is 0.231 e. The first-order valence-electron chi connectivity index (χ1n) is 6.53. The summed E-state index contributed by atoms with van der Waals surface area (Å²) in [6.07, 6.45) is 0. The maximum absolute atomic E-state index is 4.40. The van der Waals surface area contributed by atoms with Gasteiger partial charge in [0.1, 0.15) is 0 Å². The van der Waals surface area contributed by atoms with Crippen LogP contribution in [0.3, 0.4) is 0 Å². The molecule has 0 aromatic carbocycles. The Morgan fingerprint density at radius 1 is 1.10 bits per heavy atom. The van der Waals surface area contributed by atoms with Crippen LogP contribution in [0.4, 0.5) is 17.8 Å². The van der Waals surface area contributed by atoms with Crippen LogP contribution in [0, 0.1) is 6.92 Å². The molecule has 0 fully saturated rings. The van der Waals surface area contributed by atoms with Crippen LogP contribution in [0.1, 0.15) is 18.1 Å². The first kappa shape index (κ1) is 14.5. The van der Waals surface area contributed by atoms with Crippen molar-refractivity contribution >= 4 is 29.2 Å². The van der Waals surface area contributed by atoms with Crippen molar-refractivity contribution in [1.82, 2.24) is 15.0 Å². The van der Waals surface area contributed by atoms with E-state index in [9.17, 15) is 0 Å². The summed E-state index contributed by atoms with van der Waals surface area (Å²) in [6, 6.07) is 0. The summed E-state index contributed by atoms with van der Waals surface area (Å²) in [5.74, 6) is 1.82. The van der Waals surface area contributed by atoms with Gasteiger partial charge in [0.05, 0.1) is 0 Å². The third-order valence-electron chi connectivity index (χ3n) is 2.76. The number of nitrogens with one attached hydrogen (secondary N) is 2. The first-order chi connectivity index (χ1) is 9.60. The Hall–Kier alpha value is -1.89. The van der Waals surface area contributed by atoms with E-state index in [1.807, 2.05) is 25.9 Å². The third-order valence-corrected chi connectivity index (χ3v) is 3.67. The highest BCUT2D eigenvalue weighted by molar-refractivity contribution is 7.08. The molecule has 0 unspecified atom stereocenters. The number of aromatic nitrogens is 3. The van der Waals surface area contributed by atoms with E-state index in [1.165, 1.54) is 11.1 Å². The van der Waals surface area contributed by atoms with Crippen LogP contribution in [0.2, 0.25) is 0 Å². The van der Waals surface area contributed by atoms with E-state index in [0.717, 1.165) is 13.1 Å². The molecule has 2 heterocycles. The van der Waals surface area contributed by atoms with Crippen LogP contribution in [0.25, 0.3) is 0 Å². The summed E-state index contributed by atoms with van der Waals surface area (Å²) in [6.45, 7) is 5.62. The molecule has 0 radical (unpaired) electrons. The molecule has 108 valence electrons. The second-order valence-electron chi connectivity index (χ2n) is 4.64. The van der Waals surface area contributed by atoms with Crippen molar-refractivity contribution in [1.29, 1.82) is 0 Å². The van der Waals surface area contributed by atoms with E-state index in [1.54, 1.807) is 11.3 Å². The van der Waals surface area contributed by atoms with Crippen LogP contribution in [0.5, 0.6) is 0 Å². The number of nitrogens with zero attached hydrogens (tertiary/aromatic N) is 4. The average molecular weight is 292 g/mol. The summed E-state index contributed by atoms with van der Waals surface area (Å²) < 4.78 is 0. The Balaban J connectivity index is 2.15. The van der Waals surface area contributed by atoms with Gasteiger partial charge in [-0.25, -0.2) is 0 Å². The van der Waals surface area contributed by atoms with Crippen LogP contribution < -0.4 is 15.5 Å². The maximum Gasteiger partial charge on any atom is 0.231 e. The molecular formula is C13H20N6S. The molecule has 0 saturated carbocycles. The van der Waals surface area contributed by atoms with E-state index in [0.29, 0.717) is 17.8 Å². The molecule has 7 heteroatoms. The molecule has 2 aromatic heterocycles. The van der Waals surface area contributed by atoms with Crippen molar-refractivity contribution in [3.63, 3.8) is 0 Å². The zero-order valence-corrected chi connectivity index (χ0v) is 13.1. The molecular weight excluding hydrogens is 272 g/mol. The van der Waals surface area contributed by atoms with Gasteiger partial charge < -0.3 is 15.5 Å². The largest absolute Gasteiger partial charge is 0.354 e. The van der Waals surface area contributed by atoms with Gasteiger partial charge in [-0.3, -0.25) is 0 Å². The Kier molecular flexibility index (Phi) is 4.73. The molecule has 0 bridgehead atoms. The van der Waals surface area contributed by atoms with Crippen molar-refractivity contribution < 1.29 is 0 Å². The number of thiophene rings is 1. The monoisotopic (exact) mass is 292 g/mol. The van der Waals surface area contributed by atoms with Gasteiger partial charge in [0.15, 0.2) is 0 Å². The lowest BCUT2D eigenvalue weighted by Crippen LogP contribution is -2.17. The second kappa shape index (κ2) is 6.51. The summed E-state index contributed by atoms with van der Waals surface area (Å²) >= 11 is 1.71. The number of anilines is 3. The van der Waals surface area contributed by atoms with Crippen molar-refractivity contribution in [3.05, 3.63) is 21.9 Å². The molecule has 0 atom stereocenters. The Morgan fingerprint density at radius 3 is 2.35 bits per heavy atom. The minimum absolute atomic E-state index is 0.588. The fourth-order valence-electron chi connectivity index (χ4n) is 1.62. The van der Waals surface area contributed by atoms with Gasteiger partial charge in [-0.05, 0) is 35.7 Å². The molecule has 0 spiro atoms. The topological polar surface area (TPSA) is 66.0 Å². The fraction of sp³-hybridized carbons (Fsp3) is 0.462. The Labute approximate surface area is 123 Å². The van der Waals surface area contributed by atoms with Crippen molar-refractivity contribution in [2.75, 3.05) is 36.2 Å². The molecule has 2 N–H and O–H groups in total. The molecule has 0 aliphatic carbocycles. The third kappa shape index (κ3) is 3.57. The minimum Gasteiger partial charge on any atom is -0.354 e. The average Bonchev–Trinajstić information content (AvgIpc) is 2.82. The number of hydrogen-bond donors (Lipinski definition) is 2. The van der Waals surface area contributed by atoms with Crippen LogP contribution in [0.15, 0.2) is 10.8 Å². The highest BCUT2D eigenvalue weighted by Crippen LogP contribution is 2.16. The van der Waals surface area contributed by atoms with Gasteiger partial charge >= 0.3 is 0 Å². The quantitative estimate of drug-likeness (QED) is 0.852. The molecule has 0 aliphatic heterocycles. The number of aryl methyl sites for hydroxylation is 1. The van der Waals surface area contributed by atoms with Gasteiger partial charge in [-0.1, -0.05) is 0 Å². The molecule has 0 amide bonds. The van der Waals surface area contributed by atoms with Gasteiger partial charge in [0.25, 0.3) is 0 Å². The maximum atomic E-state index is 4.40. The lowest BCUT2D eigenvalue weighted by molar-refractivity contribution is 0.936. The Morgan fingerprint density at radius 2 is 1.80 bits per heavy atom. The first-order valence-corrected chi connectivity index (χ1v) is 7.47. The predicted molar refractivity (Wildman–Crippen MR) is 84.7 cm³/mol. The summed E-state index contributed by atoms with van der Waals surface area (Å²) in [7, 11) is 3.83. The zero-order valence-electron chi connectivity index (χ0n) is 12.3. The van der Waals surface area contributed by atoms with Gasteiger partial charge in [-0.15, -0.1) is 0 Å². The molecule has 2 aromatic rings. The Bertz CT molecular complexity index is 566. The van der Waals surface area contributed by atoms with Crippen molar-refractivity contribution in [3.8, 4) is 0 Å². The SMILES string of the molecule is CCNc1nc(NCc2cscc2C)nc(N(C)C)n1. The molecule has 2 rings (SSSR count). The van der Waals surface area contributed by atoms with E-state index in [4.69, 9.17) is 0 Å². The van der Waals surface area contributed by atoms with E-state index < -0.39 is 0 Å². The molecule has 0 saturated heterocycles. The van der Waals surface area contributed by atoms with E-state index in [-0.39, 0.29) is 0 Å². The predicted octanol–water partition coefficient (Wildman–Crippen LogP) is 2.35. The molecule has 0 aliphatic rings. The zero-order chi connectivity index (χ0) is 14.5. The summed E-state index contributed by atoms with van der Waals surface area (Å²) in [5, 5.41) is 10.7. The van der Waals surface area contributed by atoms with Crippen LogP contribution >= 0.6 is 11.3 Å². The van der Waals surface area contributed by atoms with Crippen LogP contribution in [-0.2, 0) is 6.54 Å². The van der Waals surface area contributed by atoms with Crippen molar-refractivity contribution in [2.45, 2.75) is 20.4 Å². The standard InChI is InChI=1S/C13H20N6S/c1-5-14-11-16-12(18-13(17-11)19(3)4)15-6-10-8-20-7-9(10)2/h7-8H,5-6H2,1-4H3,(H2,14,15,16,17,18). The number of hydrogen-bond acceptors (Lipinski definition) is 7. The van der Waals surface area contributed by atoms with Gasteiger partial charge in [0, 0.05) is 27.2 Å². The normalized spacial score (nSPS) is 10.4. The molecule has 20 heavy (non-hydrogen) atoms. The minimum atomic E-state index is 0.588. The van der Waals surface area contributed by atoms with Crippen molar-refractivity contribution in [2.24, 2.45) is 0 Å². The summed E-state index contributed by atoms with van der Waals surface area (Å²) in [4.78, 5) is 15.0. The lowest BCUT2D eigenvalue weighted by atomic mass is 10.2. The van der Waals surface area contributed by atoms with E-state index >= 15 is 0 Å². The van der Waals surface area contributed by atoms with Gasteiger partial charge in [-0.2, -0.15) is 26.3 Å². The van der Waals surface area contributed by atoms with Gasteiger partial charge in [0.2, 0.25) is 17.8 Å². The van der Waals surface area contributed by atoms with Crippen LogP contribution in [-0.4, -0.2) is 35.6 Å². The highest BCUT2D eigenvalue weighted by Gasteiger charge is 2.08.